The van der Waals surface area contributed by atoms with Crippen molar-refractivity contribution in [3.8, 4) is 5.75 Å². The fraction of sp³-hybridized carbons (Fsp3) is 0.222. The maximum absolute atomic E-state index is 13.1. The molecule has 0 fully saturated rings. The normalized spacial score (nSPS) is 10.4. The molecule has 3 nitrogen and oxygen atoms in total. The molecule has 1 amide bonds. The number of carbonyl (C=O) groups excluding carboxylic acids is 1. The Balaban J connectivity index is 3.02. The van der Waals surface area contributed by atoms with Crippen molar-refractivity contribution in [3.05, 3.63) is 29.6 Å². The molecule has 0 saturated heterocycles. The van der Waals surface area contributed by atoms with Gasteiger partial charge in [-0.15, -0.1) is 0 Å². The van der Waals surface area contributed by atoms with Crippen molar-refractivity contribution in [1.29, 1.82) is 0 Å². The van der Waals surface area contributed by atoms with Crippen LogP contribution in [-0.4, -0.2) is 12.5 Å². The van der Waals surface area contributed by atoms with Gasteiger partial charge in [0.25, 0.3) is 0 Å². The van der Waals surface area contributed by atoms with Gasteiger partial charge < -0.3 is 10.5 Å². The van der Waals surface area contributed by atoms with E-state index in [9.17, 15) is 18.0 Å². The molecule has 1 aromatic carbocycles. The number of amides is 1. The monoisotopic (exact) mass is 219 g/mol. The van der Waals surface area contributed by atoms with Crippen LogP contribution in [0.4, 0.5) is 13.2 Å². The lowest BCUT2D eigenvalue weighted by atomic mass is 10.1. The zero-order valence-corrected chi connectivity index (χ0v) is 7.54. The second-order valence-electron chi connectivity index (χ2n) is 2.74. The van der Waals surface area contributed by atoms with Gasteiger partial charge in [-0.25, -0.2) is 4.39 Å². The van der Waals surface area contributed by atoms with E-state index in [1.54, 1.807) is 0 Å². The second kappa shape index (κ2) is 4.68. The first-order valence-electron chi connectivity index (χ1n) is 4.01. The van der Waals surface area contributed by atoms with Crippen LogP contribution in [-0.2, 0) is 11.2 Å². The lowest BCUT2D eigenvalue weighted by Crippen LogP contribution is -2.16. The van der Waals surface area contributed by atoms with Crippen molar-refractivity contribution < 1.29 is 22.7 Å². The van der Waals surface area contributed by atoms with Crippen LogP contribution < -0.4 is 10.5 Å². The van der Waals surface area contributed by atoms with Crippen LogP contribution in [0.3, 0.4) is 0 Å². The Morgan fingerprint density at radius 2 is 2.13 bits per heavy atom. The number of hydrogen-bond acceptors (Lipinski definition) is 2. The highest BCUT2D eigenvalue weighted by Crippen LogP contribution is 2.23. The first-order chi connectivity index (χ1) is 7.00. The lowest BCUT2D eigenvalue weighted by Gasteiger charge is -2.09. The lowest BCUT2D eigenvalue weighted by molar-refractivity contribution is -0.117. The molecule has 0 aliphatic rings. The average Bonchev–Trinajstić information content (AvgIpc) is 2.09. The van der Waals surface area contributed by atoms with Gasteiger partial charge in [0.1, 0.15) is 11.6 Å². The summed E-state index contributed by atoms with van der Waals surface area (Å²) in [6.07, 6.45) is -0.477. The third kappa shape index (κ3) is 3.16. The van der Waals surface area contributed by atoms with Crippen molar-refractivity contribution in [3.63, 3.8) is 0 Å². The van der Waals surface area contributed by atoms with E-state index in [1.165, 1.54) is 6.07 Å². The number of carbonyl (C=O) groups is 1. The number of rotatable bonds is 4. The first-order valence-corrected chi connectivity index (χ1v) is 4.01. The molecule has 0 heterocycles. The molecule has 2 N–H and O–H groups in total. The van der Waals surface area contributed by atoms with E-state index >= 15 is 0 Å². The van der Waals surface area contributed by atoms with Gasteiger partial charge in [0.2, 0.25) is 5.91 Å². The van der Waals surface area contributed by atoms with E-state index in [-0.39, 0.29) is 11.3 Å². The molecule has 0 radical (unpaired) electrons. The first kappa shape index (κ1) is 11.4. The Hall–Kier alpha value is -1.72. The SMILES string of the molecule is NC(=O)Cc1c(F)cccc1OC(F)F. The standard InChI is InChI=1S/C9H8F3NO2/c10-6-2-1-3-7(15-9(11)12)5(6)4-8(13)14/h1-3,9H,4H2,(H2,13,14). The van der Waals surface area contributed by atoms with Gasteiger partial charge in [-0.1, -0.05) is 6.07 Å². The maximum Gasteiger partial charge on any atom is 0.387 e. The highest BCUT2D eigenvalue weighted by Gasteiger charge is 2.15. The molecule has 0 unspecified atom stereocenters. The maximum atomic E-state index is 13.1. The molecule has 6 heteroatoms. The van der Waals surface area contributed by atoms with E-state index in [4.69, 9.17) is 5.73 Å². The fourth-order valence-electron chi connectivity index (χ4n) is 1.09. The summed E-state index contributed by atoms with van der Waals surface area (Å²) in [6.45, 7) is -3.07. The third-order valence-corrected chi connectivity index (χ3v) is 1.64. The molecule has 82 valence electrons. The molecule has 0 aromatic heterocycles. The number of primary amides is 1. The van der Waals surface area contributed by atoms with Gasteiger partial charge in [0.15, 0.2) is 0 Å². The van der Waals surface area contributed by atoms with E-state index in [0.717, 1.165) is 12.1 Å². The number of halogens is 3. The summed E-state index contributed by atoms with van der Waals surface area (Å²) in [6, 6.07) is 3.39. The Kier molecular flexibility index (Phi) is 3.54. The van der Waals surface area contributed by atoms with Crippen molar-refractivity contribution in [2.45, 2.75) is 13.0 Å². The Bertz CT molecular complexity index is 368. The van der Waals surface area contributed by atoms with Crippen LogP contribution in [0.1, 0.15) is 5.56 Å². The van der Waals surface area contributed by atoms with Crippen molar-refractivity contribution in [2.75, 3.05) is 0 Å². The third-order valence-electron chi connectivity index (χ3n) is 1.64. The van der Waals surface area contributed by atoms with Crippen LogP contribution >= 0.6 is 0 Å². The Morgan fingerprint density at radius 1 is 1.47 bits per heavy atom. The van der Waals surface area contributed by atoms with Gasteiger partial charge >= 0.3 is 6.61 Å². The minimum atomic E-state index is -3.07. The Labute approximate surface area is 83.6 Å². The minimum absolute atomic E-state index is 0.259. The van der Waals surface area contributed by atoms with Crippen LogP contribution in [0.5, 0.6) is 5.75 Å². The summed E-state index contributed by atoms with van der Waals surface area (Å²) in [5.74, 6) is -1.99. The average molecular weight is 219 g/mol. The second-order valence-corrected chi connectivity index (χ2v) is 2.74. The van der Waals surface area contributed by atoms with Gasteiger partial charge in [-0.05, 0) is 12.1 Å². The zero-order valence-electron chi connectivity index (χ0n) is 7.54. The molecular weight excluding hydrogens is 211 g/mol. The van der Waals surface area contributed by atoms with E-state index in [0.29, 0.717) is 0 Å². The summed E-state index contributed by atoms with van der Waals surface area (Å²) >= 11 is 0. The van der Waals surface area contributed by atoms with Gasteiger partial charge in [0, 0.05) is 5.56 Å². The highest BCUT2D eigenvalue weighted by atomic mass is 19.3. The van der Waals surface area contributed by atoms with Gasteiger partial charge in [-0.2, -0.15) is 8.78 Å². The number of benzene rings is 1. The summed E-state index contributed by atoms with van der Waals surface area (Å²) in [5.41, 5.74) is 4.59. The largest absolute Gasteiger partial charge is 0.434 e. The van der Waals surface area contributed by atoms with E-state index in [1.807, 2.05) is 0 Å². The predicted molar refractivity (Wildman–Crippen MR) is 45.9 cm³/mol. The molecule has 0 bridgehead atoms. The fourth-order valence-corrected chi connectivity index (χ4v) is 1.09. The molecular formula is C9H8F3NO2. The molecule has 0 aliphatic heterocycles. The topological polar surface area (TPSA) is 52.3 Å². The van der Waals surface area contributed by atoms with Crippen molar-refractivity contribution in [2.24, 2.45) is 5.73 Å². The number of ether oxygens (including phenoxy) is 1. The van der Waals surface area contributed by atoms with Crippen molar-refractivity contribution in [1.82, 2.24) is 0 Å². The summed E-state index contributed by atoms with van der Waals surface area (Å²) < 4.78 is 41.0. The quantitative estimate of drug-likeness (QED) is 0.833. The van der Waals surface area contributed by atoms with Gasteiger partial charge in [0.05, 0.1) is 6.42 Å². The molecule has 0 aliphatic carbocycles. The summed E-state index contributed by atoms with van der Waals surface area (Å²) in [4.78, 5) is 10.6. The summed E-state index contributed by atoms with van der Waals surface area (Å²) in [5, 5.41) is 0. The zero-order chi connectivity index (χ0) is 11.4. The summed E-state index contributed by atoms with van der Waals surface area (Å²) in [7, 11) is 0. The van der Waals surface area contributed by atoms with Crippen LogP contribution in [0.15, 0.2) is 18.2 Å². The highest BCUT2D eigenvalue weighted by molar-refractivity contribution is 5.77. The molecule has 0 spiro atoms. The minimum Gasteiger partial charge on any atom is -0.434 e. The number of alkyl halides is 2. The number of hydrogen-bond donors (Lipinski definition) is 1. The molecule has 1 aromatic rings. The van der Waals surface area contributed by atoms with Crippen LogP contribution in [0.25, 0.3) is 0 Å². The van der Waals surface area contributed by atoms with Crippen LogP contribution in [0.2, 0.25) is 0 Å². The predicted octanol–water partition coefficient (Wildman–Crippen LogP) is 1.45. The number of nitrogens with two attached hydrogens (primary N) is 1. The molecule has 0 atom stereocenters. The van der Waals surface area contributed by atoms with Gasteiger partial charge in [-0.3, -0.25) is 4.79 Å². The Morgan fingerprint density at radius 3 is 2.67 bits per heavy atom. The molecule has 1 rings (SSSR count). The molecule has 15 heavy (non-hydrogen) atoms. The molecule has 0 saturated carbocycles. The smallest absolute Gasteiger partial charge is 0.387 e. The van der Waals surface area contributed by atoms with Crippen molar-refractivity contribution >= 4 is 5.91 Å². The van der Waals surface area contributed by atoms with E-state index < -0.39 is 24.8 Å². The van der Waals surface area contributed by atoms with Crippen LogP contribution in [0, 0.1) is 5.82 Å². The van der Waals surface area contributed by atoms with E-state index in [2.05, 4.69) is 4.74 Å².